The van der Waals surface area contributed by atoms with Gasteiger partial charge in [-0.05, 0) is 83.5 Å². The molecule has 1 atom stereocenters. The maximum atomic E-state index is 12.7. The van der Waals surface area contributed by atoms with E-state index in [4.69, 9.17) is 14.2 Å². The molecule has 6 heteroatoms. The molecular formula is C53H78O6. The molecule has 0 radical (unpaired) electrons. The van der Waals surface area contributed by atoms with Crippen LogP contribution in [0.4, 0.5) is 0 Å². The van der Waals surface area contributed by atoms with E-state index in [-0.39, 0.29) is 32.0 Å². The first-order chi connectivity index (χ1) is 29.0. The van der Waals surface area contributed by atoms with Gasteiger partial charge in [-0.2, -0.15) is 0 Å². The highest BCUT2D eigenvalue weighted by Crippen LogP contribution is 2.11. The fourth-order valence-corrected chi connectivity index (χ4v) is 5.23. The molecule has 6 nitrogen and oxygen atoms in total. The molecule has 0 aromatic rings. The van der Waals surface area contributed by atoms with E-state index >= 15 is 0 Å². The van der Waals surface area contributed by atoms with Crippen molar-refractivity contribution in [1.29, 1.82) is 0 Å². The second-order valence-electron chi connectivity index (χ2n) is 13.9. The van der Waals surface area contributed by atoms with Gasteiger partial charge < -0.3 is 14.2 Å². The third kappa shape index (κ3) is 44.2. The molecular weight excluding hydrogens is 733 g/mol. The highest BCUT2D eigenvalue weighted by molar-refractivity contribution is 5.72. The fourth-order valence-electron chi connectivity index (χ4n) is 5.23. The van der Waals surface area contributed by atoms with Gasteiger partial charge in [0.05, 0.1) is 6.42 Å². The Morgan fingerprint density at radius 3 is 1.34 bits per heavy atom. The topological polar surface area (TPSA) is 78.9 Å². The molecule has 0 aliphatic heterocycles. The van der Waals surface area contributed by atoms with Gasteiger partial charge in [0.1, 0.15) is 13.2 Å². The van der Waals surface area contributed by atoms with Crippen molar-refractivity contribution in [2.24, 2.45) is 0 Å². The SMILES string of the molecule is CC\C=C/C=C\C=C/C=C\C=C/CCCC(=O)OC(COC(=O)C/C=C\C/C=C\C/C=C\CC)COC(=O)CCCCCCCC/C=C\C/C=C\C/C=C\C/C=C\CC. The van der Waals surface area contributed by atoms with Gasteiger partial charge in [-0.15, -0.1) is 0 Å². The second kappa shape index (κ2) is 46.0. The van der Waals surface area contributed by atoms with Gasteiger partial charge in [0, 0.05) is 12.8 Å². The van der Waals surface area contributed by atoms with E-state index in [9.17, 15) is 14.4 Å². The maximum Gasteiger partial charge on any atom is 0.309 e. The van der Waals surface area contributed by atoms with E-state index in [0.717, 1.165) is 83.5 Å². The van der Waals surface area contributed by atoms with E-state index in [2.05, 4.69) is 99.8 Å². The average molecular weight is 811 g/mol. The molecule has 1 unspecified atom stereocenters. The lowest BCUT2D eigenvalue weighted by atomic mass is 10.1. The van der Waals surface area contributed by atoms with Crippen LogP contribution in [0.3, 0.4) is 0 Å². The minimum Gasteiger partial charge on any atom is -0.462 e. The molecule has 0 saturated carbocycles. The summed E-state index contributed by atoms with van der Waals surface area (Å²) in [7, 11) is 0. The van der Waals surface area contributed by atoms with Crippen molar-refractivity contribution in [3.8, 4) is 0 Å². The summed E-state index contributed by atoms with van der Waals surface area (Å²) in [6.07, 6.45) is 65.9. The molecule has 0 heterocycles. The van der Waals surface area contributed by atoms with Crippen molar-refractivity contribution in [1.82, 2.24) is 0 Å². The zero-order valence-corrected chi connectivity index (χ0v) is 36.9. The molecule has 0 rings (SSSR count). The van der Waals surface area contributed by atoms with Crippen LogP contribution in [0.5, 0.6) is 0 Å². The van der Waals surface area contributed by atoms with Gasteiger partial charge in [0.15, 0.2) is 6.10 Å². The minimum absolute atomic E-state index is 0.109. The van der Waals surface area contributed by atoms with Gasteiger partial charge in [-0.25, -0.2) is 0 Å². The van der Waals surface area contributed by atoms with E-state index in [1.165, 1.54) is 12.8 Å². The summed E-state index contributed by atoms with van der Waals surface area (Å²) in [6, 6.07) is 0. The lowest BCUT2D eigenvalue weighted by Crippen LogP contribution is -2.30. The summed E-state index contributed by atoms with van der Waals surface area (Å²) in [6.45, 7) is 6.04. The molecule has 0 aromatic carbocycles. The molecule has 326 valence electrons. The number of hydrogen-bond acceptors (Lipinski definition) is 6. The molecule has 59 heavy (non-hydrogen) atoms. The lowest BCUT2D eigenvalue weighted by Gasteiger charge is -2.18. The number of unbranched alkanes of at least 4 members (excludes halogenated alkanes) is 7. The average Bonchev–Trinajstić information content (AvgIpc) is 3.23. The predicted molar refractivity (Wildman–Crippen MR) is 251 cm³/mol. The van der Waals surface area contributed by atoms with Crippen LogP contribution in [-0.4, -0.2) is 37.2 Å². The number of carbonyl (C=O) groups excluding carboxylic acids is 3. The first-order valence-corrected chi connectivity index (χ1v) is 22.4. The number of ether oxygens (including phenoxy) is 3. The van der Waals surface area contributed by atoms with E-state index < -0.39 is 18.0 Å². The second-order valence-corrected chi connectivity index (χ2v) is 13.9. The molecule has 0 aliphatic carbocycles. The zero-order valence-electron chi connectivity index (χ0n) is 36.9. The summed E-state index contributed by atoms with van der Waals surface area (Å²) in [5, 5.41) is 0. The van der Waals surface area contributed by atoms with Gasteiger partial charge >= 0.3 is 17.9 Å². The van der Waals surface area contributed by atoms with Crippen LogP contribution in [0, 0.1) is 0 Å². The Balaban J connectivity index is 4.55. The van der Waals surface area contributed by atoms with Crippen molar-refractivity contribution in [2.75, 3.05) is 13.2 Å². The van der Waals surface area contributed by atoms with Crippen LogP contribution < -0.4 is 0 Å². The molecule has 0 aromatic heterocycles. The Kier molecular flexibility index (Phi) is 42.3. The Morgan fingerprint density at radius 1 is 0.373 bits per heavy atom. The summed E-state index contributed by atoms with van der Waals surface area (Å²) in [5.74, 6) is -1.19. The number of allylic oxidation sites excluding steroid dienone is 23. The molecule has 0 fully saturated rings. The first kappa shape index (κ1) is 54.3. The van der Waals surface area contributed by atoms with Gasteiger partial charge in [0.2, 0.25) is 0 Å². The standard InChI is InChI=1S/C53H78O6/c1-4-7-10-13-16-19-21-23-24-25-26-27-28-30-31-34-37-40-43-46-52(55)58-49-50(48-57-51(54)45-42-39-36-33-18-15-12-9-6-3)59-53(56)47-44-41-38-35-32-29-22-20-17-14-11-8-5-2/h7-12,14,16-20,22-24,26-27,29,32-33,35,38-39,42,50H,4-6,13,15,21,25,28,30-31,34,36-37,40-41,43-49H2,1-3H3/b10-7-,11-8-,12-9-,17-14-,19-16-,22-20-,24-23-,27-26-,32-29-,33-18-,38-35-,42-39-. The van der Waals surface area contributed by atoms with Crippen molar-refractivity contribution >= 4 is 17.9 Å². The molecule has 0 spiro atoms. The first-order valence-electron chi connectivity index (χ1n) is 22.4. The Morgan fingerprint density at radius 2 is 0.780 bits per heavy atom. The monoisotopic (exact) mass is 811 g/mol. The number of esters is 3. The smallest absolute Gasteiger partial charge is 0.309 e. The van der Waals surface area contributed by atoms with E-state index in [1.54, 1.807) is 6.08 Å². The summed E-state index contributed by atoms with van der Waals surface area (Å²) < 4.78 is 16.5. The van der Waals surface area contributed by atoms with Crippen LogP contribution in [0.1, 0.15) is 149 Å². The van der Waals surface area contributed by atoms with Crippen LogP contribution in [0.25, 0.3) is 0 Å². The van der Waals surface area contributed by atoms with Crippen molar-refractivity contribution in [2.45, 2.75) is 155 Å². The van der Waals surface area contributed by atoms with Crippen LogP contribution in [0.2, 0.25) is 0 Å². The molecule has 0 amide bonds. The molecule has 0 N–H and O–H groups in total. The fraction of sp³-hybridized carbons (Fsp3) is 0.491. The third-order valence-electron chi connectivity index (χ3n) is 8.48. The van der Waals surface area contributed by atoms with Gasteiger partial charge in [-0.1, -0.05) is 192 Å². The zero-order chi connectivity index (χ0) is 43.0. The Bertz CT molecular complexity index is 1390. The highest BCUT2D eigenvalue weighted by atomic mass is 16.6. The Hall–Kier alpha value is -4.71. The number of rotatable bonds is 37. The molecule has 0 bridgehead atoms. The Labute approximate surface area is 359 Å². The van der Waals surface area contributed by atoms with E-state index in [1.807, 2.05) is 60.8 Å². The molecule has 0 saturated heterocycles. The van der Waals surface area contributed by atoms with Crippen molar-refractivity contribution in [3.63, 3.8) is 0 Å². The maximum absolute atomic E-state index is 12.7. The van der Waals surface area contributed by atoms with Crippen molar-refractivity contribution in [3.05, 3.63) is 146 Å². The van der Waals surface area contributed by atoms with Crippen LogP contribution >= 0.6 is 0 Å². The number of carbonyl (C=O) groups is 3. The molecule has 0 aliphatic rings. The summed E-state index contributed by atoms with van der Waals surface area (Å²) in [4.78, 5) is 37.6. The van der Waals surface area contributed by atoms with Crippen LogP contribution in [-0.2, 0) is 28.6 Å². The summed E-state index contributed by atoms with van der Waals surface area (Å²) in [5.41, 5.74) is 0. The normalized spacial score (nSPS) is 13.5. The van der Waals surface area contributed by atoms with Gasteiger partial charge in [0.25, 0.3) is 0 Å². The van der Waals surface area contributed by atoms with Gasteiger partial charge in [-0.3, -0.25) is 14.4 Å². The lowest BCUT2D eigenvalue weighted by molar-refractivity contribution is -0.166. The van der Waals surface area contributed by atoms with E-state index in [0.29, 0.717) is 19.3 Å². The largest absolute Gasteiger partial charge is 0.462 e. The predicted octanol–water partition coefficient (Wildman–Crippen LogP) is 14.5. The van der Waals surface area contributed by atoms with Crippen molar-refractivity contribution < 1.29 is 28.6 Å². The summed E-state index contributed by atoms with van der Waals surface area (Å²) >= 11 is 0. The highest BCUT2D eigenvalue weighted by Gasteiger charge is 2.19. The van der Waals surface area contributed by atoms with Crippen LogP contribution in [0.15, 0.2) is 146 Å². The number of hydrogen-bond donors (Lipinski definition) is 0. The third-order valence-corrected chi connectivity index (χ3v) is 8.48. The minimum atomic E-state index is -0.861. The quantitative estimate of drug-likeness (QED) is 0.0204.